The molecule has 6 nitrogen and oxygen atoms in total. The van der Waals surface area contributed by atoms with Gasteiger partial charge >= 0.3 is 0 Å². The highest BCUT2D eigenvalue weighted by Gasteiger charge is 2.24. The molecule has 1 fully saturated rings. The van der Waals surface area contributed by atoms with Crippen molar-refractivity contribution in [3.05, 3.63) is 41.9 Å². The Morgan fingerprint density at radius 2 is 1.70 bits per heavy atom. The van der Waals surface area contributed by atoms with E-state index in [1.165, 1.54) is 19.3 Å². The van der Waals surface area contributed by atoms with Crippen LogP contribution in [-0.4, -0.2) is 45.9 Å². The molecule has 1 atom stereocenters. The van der Waals surface area contributed by atoms with Crippen molar-refractivity contribution in [2.75, 3.05) is 41.0 Å². The smallest absolute Gasteiger partial charge is 0.164 e. The lowest BCUT2D eigenvalue weighted by molar-refractivity contribution is 0.142. The van der Waals surface area contributed by atoms with E-state index < -0.39 is 0 Å². The number of rotatable bonds is 9. The summed E-state index contributed by atoms with van der Waals surface area (Å²) in [5.41, 5.74) is 1.03. The van der Waals surface area contributed by atoms with Gasteiger partial charge in [-0.05, 0) is 44.1 Å². The van der Waals surface area contributed by atoms with Gasteiger partial charge in [0.25, 0.3) is 0 Å². The number of hydrogen-bond acceptors (Lipinski definition) is 6. The number of nitrogens with one attached hydrogen (secondary N) is 1. The Morgan fingerprint density at radius 3 is 2.33 bits per heavy atom. The summed E-state index contributed by atoms with van der Waals surface area (Å²) >= 11 is 0. The van der Waals surface area contributed by atoms with Gasteiger partial charge in [-0.3, -0.25) is 4.90 Å². The number of likely N-dealkylation sites (tertiary alicyclic amines) is 1. The van der Waals surface area contributed by atoms with Crippen molar-refractivity contribution in [3.8, 4) is 17.2 Å². The molecule has 1 aromatic heterocycles. The average Bonchev–Trinajstić information content (AvgIpc) is 3.25. The van der Waals surface area contributed by atoms with Crippen molar-refractivity contribution >= 4 is 0 Å². The zero-order chi connectivity index (χ0) is 19.1. The van der Waals surface area contributed by atoms with Crippen molar-refractivity contribution in [3.63, 3.8) is 0 Å². The summed E-state index contributed by atoms with van der Waals surface area (Å²) in [4.78, 5) is 2.52. The second kappa shape index (κ2) is 9.67. The number of furan rings is 1. The van der Waals surface area contributed by atoms with Crippen LogP contribution in [0.3, 0.4) is 0 Å². The molecular weight excluding hydrogens is 344 g/mol. The highest BCUT2D eigenvalue weighted by molar-refractivity contribution is 5.50. The third-order valence-electron chi connectivity index (χ3n) is 5.14. The second-order valence-corrected chi connectivity index (χ2v) is 6.78. The van der Waals surface area contributed by atoms with E-state index in [0.29, 0.717) is 18.0 Å². The van der Waals surface area contributed by atoms with E-state index in [-0.39, 0.29) is 6.04 Å². The van der Waals surface area contributed by atoms with E-state index in [1.807, 2.05) is 18.2 Å². The van der Waals surface area contributed by atoms with Gasteiger partial charge in [0.05, 0.1) is 33.6 Å². The minimum atomic E-state index is 0.242. The number of methoxy groups -OCH3 is 3. The Hall–Kier alpha value is -2.18. The Morgan fingerprint density at radius 1 is 1.00 bits per heavy atom. The molecule has 1 saturated heterocycles. The van der Waals surface area contributed by atoms with Crippen LogP contribution in [0.25, 0.3) is 0 Å². The first kappa shape index (κ1) is 19.6. The van der Waals surface area contributed by atoms with Gasteiger partial charge < -0.3 is 23.9 Å². The minimum Gasteiger partial charge on any atom is -0.496 e. The van der Waals surface area contributed by atoms with Crippen LogP contribution in [0.4, 0.5) is 0 Å². The lowest BCUT2D eigenvalue weighted by Gasteiger charge is -2.33. The molecule has 6 heteroatoms. The maximum atomic E-state index is 5.72. The molecule has 1 aliphatic rings. The van der Waals surface area contributed by atoms with Crippen LogP contribution in [0.1, 0.15) is 36.6 Å². The van der Waals surface area contributed by atoms with Gasteiger partial charge in [0, 0.05) is 24.7 Å². The summed E-state index contributed by atoms with van der Waals surface area (Å²) < 4.78 is 22.0. The summed E-state index contributed by atoms with van der Waals surface area (Å²) in [6.45, 7) is 3.72. The molecule has 1 unspecified atom stereocenters. The zero-order valence-corrected chi connectivity index (χ0v) is 16.5. The summed E-state index contributed by atoms with van der Waals surface area (Å²) in [6.07, 6.45) is 5.57. The van der Waals surface area contributed by atoms with E-state index >= 15 is 0 Å². The van der Waals surface area contributed by atoms with Crippen LogP contribution in [0.5, 0.6) is 17.2 Å². The van der Waals surface area contributed by atoms with Gasteiger partial charge in [-0.15, -0.1) is 0 Å². The Balaban J connectivity index is 1.69. The molecule has 1 N–H and O–H groups in total. The summed E-state index contributed by atoms with van der Waals surface area (Å²) in [6, 6.07) is 8.10. The number of hydrogen-bond donors (Lipinski definition) is 1. The summed E-state index contributed by atoms with van der Waals surface area (Å²) in [5.74, 6) is 3.17. The molecule has 1 aromatic carbocycles. The number of benzene rings is 1. The molecule has 0 aliphatic carbocycles. The van der Waals surface area contributed by atoms with Gasteiger partial charge in [-0.25, -0.2) is 0 Å². The Bertz CT molecular complexity index is 696. The molecule has 0 spiro atoms. The molecule has 0 radical (unpaired) electrons. The maximum absolute atomic E-state index is 5.72. The van der Waals surface area contributed by atoms with Crippen LogP contribution >= 0.6 is 0 Å². The molecule has 1 aliphatic heterocycles. The standard InChI is InChI=1S/C21H30N2O4/c1-24-19-13-21(26-3)20(25-2)12-16(19)14-22-15-17(18-8-7-11-27-18)23-9-5-4-6-10-23/h7-8,11-13,17,22H,4-6,9-10,14-15H2,1-3H3. The Kier molecular flexibility index (Phi) is 7.01. The van der Waals surface area contributed by atoms with Crippen LogP contribution in [0, 0.1) is 0 Å². The highest BCUT2D eigenvalue weighted by Crippen LogP contribution is 2.34. The van der Waals surface area contributed by atoms with Crippen LogP contribution in [0.2, 0.25) is 0 Å². The fraction of sp³-hybridized carbons (Fsp3) is 0.524. The van der Waals surface area contributed by atoms with Crippen LogP contribution in [0.15, 0.2) is 34.9 Å². The van der Waals surface area contributed by atoms with Crippen molar-refractivity contribution in [1.29, 1.82) is 0 Å². The van der Waals surface area contributed by atoms with Gasteiger partial charge in [-0.1, -0.05) is 6.42 Å². The first-order chi connectivity index (χ1) is 13.3. The molecule has 0 saturated carbocycles. The van der Waals surface area contributed by atoms with Crippen molar-refractivity contribution in [2.45, 2.75) is 31.8 Å². The van der Waals surface area contributed by atoms with E-state index in [9.17, 15) is 0 Å². The van der Waals surface area contributed by atoms with E-state index in [4.69, 9.17) is 18.6 Å². The molecule has 0 amide bonds. The quantitative estimate of drug-likeness (QED) is 0.723. The predicted octanol–water partition coefficient (Wildman–Crippen LogP) is 3.62. The molecule has 27 heavy (non-hydrogen) atoms. The van der Waals surface area contributed by atoms with Crippen molar-refractivity contribution < 1.29 is 18.6 Å². The molecule has 148 valence electrons. The SMILES string of the molecule is COc1cc(OC)c(OC)cc1CNCC(c1ccco1)N1CCCCC1. The second-order valence-electron chi connectivity index (χ2n) is 6.78. The van der Waals surface area contributed by atoms with E-state index in [2.05, 4.69) is 16.3 Å². The van der Waals surface area contributed by atoms with E-state index in [0.717, 1.165) is 36.7 Å². The minimum absolute atomic E-state index is 0.242. The first-order valence-electron chi connectivity index (χ1n) is 9.54. The Labute approximate surface area is 161 Å². The first-order valence-corrected chi connectivity index (χ1v) is 9.54. The van der Waals surface area contributed by atoms with Crippen molar-refractivity contribution in [1.82, 2.24) is 10.2 Å². The largest absolute Gasteiger partial charge is 0.496 e. The highest BCUT2D eigenvalue weighted by atomic mass is 16.5. The normalized spacial score (nSPS) is 16.1. The third kappa shape index (κ3) is 4.76. The molecule has 2 aromatic rings. The van der Waals surface area contributed by atoms with Gasteiger partial charge in [0.15, 0.2) is 11.5 Å². The number of ether oxygens (including phenoxy) is 3. The number of nitrogens with zero attached hydrogens (tertiary/aromatic N) is 1. The third-order valence-corrected chi connectivity index (χ3v) is 5.14. The average molecular weight is 374 g/mol. The molecule has 2 heterocycles. The van der Waals surface area contributed by atoms with Crippen LogP contribution in [-0.2, 0) is 6.54 Å². The molecule has 3 rings (SSSR count). The number of piperidine rings is 1. The fourth-order valence-corrected chi connectivity index (χ4v) is 3.69. The lowest BCUT2D eigenvalue weighted by Crippen LogP contribution is -2.38. The summed E-state index contributed by atoms with van der Waals surface area (Å²) in [5, 5.41) is 3.57. The maximum Gasteiger partial charge on any atom is 0.164 e. The topological polar surface area (TPSA) is 56.1 Å². The fourth-order valence-electron chi connectivity index (χ4n) is 3.69. The van der Waals surface area contributed by atoms with Gasteiger partial charge in [0.2, 0.25) is 0 Å². The van der Waals surface area contributed by atoms with Crippen LogP contribution < -0.4 is 19.5 Å². The van der Waals surface area contributed by atoms with E-state index in [1.54, 1.807) is 27.6 Å². The monoisotopic (exact) mass is 374 g/mol. The van der Waals surface area contributed by atoms with Gasteiger partial charge in [-0.2, -0.15) is 0 Å². The molecule has 0 bridgehead atoms. The van der Waals surface area contributed by atoms with Gasteiger partial charge in [0.1, 0.15) is 11.5 Å². The zero-order valence-electron chi connectivity index (χ0n) is 16.5. The lowest BCUT2D eigenvalue weighted by atomic mass is 10.1. The molecular formula is C21H30N2O4. The predicted molar refractivity (Wildman–Crippen MR) is 105 cm³/mol. The summed E-state index contributed by atoms with van der Waals surface area (Å²) in [7, 11) is 4.94. The van der Waals surface area contributed by atoms with Crippen molar-refractivity contribution in [2.24, 2.45) is 0 Å².